The second kappa shape index (κ2) is 5.11. The molecule has 0 unspecified atom stereocenters. The van der Waals surface area contributed by atoms with E-state index in [2.05, 4.69) is 19.2 Å². The van der Waals surface area contributed by atoms with Crippen LogP contribution < -0.4 is 5.32 Å². The second-order valence-electron chi connectivity index (χ2n) is 6.15. The van der Waals surface area contributed by atoms with Gasteiger partial charge in [0.05, 0.1) is 0 Å². The summed E-state index contributed by atoms with van der Waals surface area (Å²) in [5.41, 5.74) is 0.659. The molecular weight excluding hydrogens is 242 g/mol. The van der Waals surface area contributed by atoms with Gasteiger partial charge in [-0.05, 0) is 43.2 Å². The Balaban J connectivity index is 1.98. The maximum absolute atomic E-state index is 12.0. The molecular formula is C15H21NO3. The SMILES string of the molecule is CC1(C)CCC(NC(=O)c2cc(O)cc(O)c2)CC1. The predicted molar refractivity (Wildman–Crippen MR) is 73.3 cm³/mol. The van der Waals surface area contributed by atoms with E-state index in [4.69, 9.17) is 0 Å². The Labute approximate surface area is 113 Å². The molecule has 0 aromatic heterocycles. The van der Waals surface area contributed by atoms with E-state index in [0.717, 1.165) is 25.7 Å². The van der Waals surface area contributed by atoms with Crippen molar-refractivity contribution >= 4 is 5.91 Å². The average Bonchev–Trinajstić information content (AvgIpc) is 2.30. The highest BCUT2D eigenvalue weighted by molar-refractivity contribution is 5.95. The fraction of sp³-hybridized carbons (Fsp3) is 0.533. The highest BCUT2D eigenvalue weighted by Crippen LogP contribution is 2.35. The number of phenols is 2. The lowest BCUT2D eigenvalue weighted by molar-refractivity contribution is 0.0908. The number of benzene rings is 1. The van der Waals surface area contributed by atoms with Gasteiger partial charge in [0.1, 0.15) is 11.5 Å². The van der Waals surface area contributed by atoms with Crippen molar-refractivity contribution in [1.82, 2.24) is 5.32 Å². The molecule has 19 heavy (non-hydrogen) atoms. The molecule has 1 aromatic carbocycles. The van der Waals surface area contributed by atoms with Crippen molar-refractivity contribution in [1.29, 1.82) is 0 Å². The standard InChI is InChI=1S/C15H21NO3/c1-15(2)5-3-11(4-6-15)16-14(19)10-7-12(17)9-13(18)8-10/h7-9,11,17-18H,3-6H2,1-2H3,(H,16,19). The lowest BCUT2D eigenvalue weighted by atomic mass is 9.75. The van der Waals surface area contributed by atoms with Gasteiger partial charge in [0, 0.05) is 17.7 Å². The number of nitrogens with one attached hydrogen (secondary N) is 1. The van der Waals surface area contributed by atoms with Crippen LogP contribution in [0, 0.1) is 5.41 Å². The fourth-order valence-electron chi connectivity index (χ4n) is 2.54. The van der Waals surface area contributed by atoms with Crippen molar-refractivity contribution in [3.8, 4) is 11.5 Å². The summed E-state index contributed by atoms with van der Waals surface area (Å²) in [4.78, 5) is 12.0. The zero-order valence-corrected chi connectivity index (χ0v) is 11.4. The highest BCUT2D eigenvalue weighted by Gasteiger charge is 2.27. The van der Waals surface area contributed by atoms with Gasteiger partial charge in [-0.2, -0.15) is 0 Å². The molecule has 104 valence electrons. The molecule has 0 atom stereocenters. The third kappa shape index (κ3) is 3.63. The van der Waals surface area contributed by atoms with E-state index >= 15 is 0 Å². The molecule has 0 heterocycles. The van der Waals surface area contributed by atoms with Gasteiger partial charge in [-0.25, -0.2) is 0 Å². The van der Waals surface area contributed by atoms with Gasteiger partial charge >= 0.3 is 0 Å². The van der Waals surface area contributed by atoms with Gasteiger partial charge in [0.25, 0.3) is 5.91 Å². The second-order valence-corrected chi connectivity index (χ2v) is 6.15. The van der Waals surface area contributed by atoms with Crippen molar-refractivity contribution in [3.05, 3.63) is 23.8 Å². The number of hydrogen-bond donors (Lipinski definition) is 3. The minimum absolute atomic E-state index is 0.102. The van der Waals surface area contributed by atoms with E-state index < -0.39 is 0 Å². The van der Waals surface area contributed by atoms with E-state index in [0.29, 0.717) is 11.0 Å². The Kier molecular flexibility index (Phi) is 3.69. The number of amides is 1. The van der Waals surface area contributed by atoms with Crippen LogP contribution in [0.5, 0.6) is 11.5 Å². The van der Waals surface area contributed by atoms with Crippen LogP contribution in [0.2, 0.25) is 0 Å². The lowest BCUT2D eigenvalue weighted by Gasteiger charge is -2.34. The van der Waals surface area contributed by atoms with Gasteiger partial charge in [-0.1, -0.05) is 13.8 Å². The van der Waals surface area contributed by atoms with Crippen molar-refractivity contribution in [2.24, 2.45) is 5.41 Å². The minimum atomic E-state index is -0.240. The predicted octanol–water partition coefficient (Wildman–Crippen LogP) is 2.80. The van der Waals surface area contributed by atoms with E-state index in [-0.39, 0.29) is 23.4 Å². The molecule has 4 nitrogen and oxygen atoms in total. The number of hydrogen-bond acceptors (Lipinski definition) is 3. The first kappa shape index (κ1) is 13.7. The quantitative estimate of drug-likeness (QED) is 0.768. The number of carbonyl (C=O) groups is 1. The molecule has 2 rings (SSSR count). The first-order chi connectivity index (χ1) is 8.85. The summed E-state index contributed by atoms with van der Waals surface area (Å²) in [5.74, 6) is -0.444. The summed E-state index contributed by atoms with van der Waals surface area (Å²) in [5, 5.41) is 21.7. The Hall–Kier alpha value is -1.71. The van der Waals surface area contributed by atoms with Crippen molar-refractivity contribution in [3.63, 3.8) is 0 Å². The van der Waals surface area contributed by atoms with Gasteiger partial charge in [-0.15, -0.1) is 0 Å². The first-order valence-electron chi connectivity index (χ1n) is 6.70. The van der Waals surface area contributed by atoms with Crippen LogP contribution in [0.25, 0.3) is 0 Å². The average molecular weight is 263 g/mol. The van der Waals surface area contributed by atoms with Crippen LogP contribution in [-0.2, 0) is 0 Å². The van der Waals surface area contributed by atoms with Gasteiger partial charge in [0.2, 0.25) is 0 Å². The molecule has 0 radical (unpaired) electrons. The van der Waals surface area contributed by atoms with E-state index in [9.17, 15) is 15.0 Å². The summed E-state index contributed by atoms with van der Waals surface area (Å²) in [7, 11) is 0. The van der Waals surface area contributed by atoms with E-state index in [1.54, 1.807) is 0 Å². The third-order valence-corrected chi connectivity index (χ3v) is 3.84. The highest BCUT2D eigenvalue weighted by atomic mass is 16.3. The first-order valence-corrected chi connectivity index (χ1v) is 6.70. The molecule has 0 spiro atoms. The van der Waals surface area contributed by atoms with Crippen LogP contribution in [0.4, 0.5) is 0 Å². The summed E-state index contributed by atoms with van der Waals surface area (Å²) in [6, 6.07) is 4.12. The number of carbonyl (C=O) groups excluding carboxylic acids is 1. The fourth-order valence-corrected chi connectivity index (χ4v) is 2.54. The number of rotatable bonds is 2. The molecule has 1 amide bonds. The van der Waals surface area contributed by atoms with Crippen molar-refractivity contribution < 1.29 is 15.0 Å². The monoisotopic (exact) mass is 263 g/mol. The molecule has 1 aromatic rings. The smallest absolute Gasteiger partial charge is 0.251 e. The van der Waals surface area contributed by atoms with Gasteiger partial charge in [0.15, 0.2) is 0 Å². The van der Waals surface area contributed by atoms with Crippen molar-refractivity contribution in [2.75, 3.05) is 0 Å². The lowest BCUT2D eigenvalue weighted by Crippen LogP contribution is -2.39. The van der Waals surface area contributed by atoms with Crippen LogP contribution in [-0.4, -0.2) is 22.2 Å². The van der Waals surface area contributed by atoms with Gasteiger partial charge in [-0.3, -0.25) is 4.79 Å². The van der Waals surface area contributed by atoms with Crippen LogP contribution in [0.1, 0.15) is 49.9 Å². The number of phenolic OH excluding ortho intramolecular Hbond substituents is 2. The molecule has 1 aliphatic carbocycles. The largest absolute Gasteiger partial charge is 0.508 e. The molecule has 0 saturated heterocycles. The van der Waals surface area contributed by atoms with Crippen molar-refractivity contribution in [2.45, 2.75) is 45.6 Å². The van der Waals surface area contributed by atoms with E-state index in [1.165, 1.54) is 18.2 Å². The Morgan fingerprint density at radius 2 is 1.68 bits per heavy atom. The molecule has 1 aliphatic rings. The molecule has 4 heteroatoms. The maximum Gasteiger partial charge on any atom is 0.251 e. The summed E-state index contributed by atoms with van der Waals surface area (Å²) >= 11 is 0. The summed E-state index contributed by atoms with van der Waals surface area (Å²) in [6.45, 7) is 4.50. The summed E-state index contributed by atoms with van der Waals surface area (Å²) in [6.07, 6.45) is 4.15. The summed E-state index contributed by atoms with van der Waals surface area (Å²) < 4.78 is 0. The molecule has 3 N–H and O–H groups in total. The molecule has 0 aliphatic heterocycles. The zero-order chi connectivity index (χ0) is 14.0. The molecule has 1 fully saturated rings. The Morgan fingerprint density at radius 3 is 2.21 bits per heavy atom. The topological polar surface area (TPSA) is 69.6 Å². The Bertz CT molecular complexity index is 452. The molecule has 1 saturated carbocycles. The van der Waals surface area contributed by atoms with Gasteiger partial charge < -0.3 is 15.5 Å². The normalized spacial score (nSPS) is 19.1. The van der Waals surface area contributed by atoms with Crippen LogP contribution in [0.3, 0.4) is 0 Å². The zero-order valence-electron chi connectivity index (χ0n) is 11.4. The maximum atomic E-state index is 12.0. The third-order valence-electron chi connectivity index (χ3n) is 3.84. The minimum Gasteiger partial charge on any atom is -0.508 e. The van der Waals surface area contributed by atoms with E-state index in [1.807, 2.05) is 0 Å². The number of aromatic hydroxyl groups is 2. The van der Waals surface area contributed by atoms with Crippen LogP contribution >= 0.6 is 0 Å². The molecule has 0 bridgehead atoms. The van der Waals surface area contributed by atoms with Crippen LogP contribution in [0.15, 0.2) is 18.2 Å². The Morgan fingerprint density at radius 1 is 1.16 bits per heavy atom.